The van der Waals surface area contributed by atoms with E-state index in [9.17, 15) is 4.79 Å². The van der Waals surface area contributed by atoms with E-state index in [4.69, 9.17) is 4.74 Å². The van der Waals surface area contributed by atoms with Gasteiger partial charge in [0.25, 0.3) is 5.91 Å². The molecule has 0 bridgehead atoms. The van der Waals surface area contributed by atoms with Gasteiger partial charge >= 0.3 is 0 Å². The van der Waals surface area contributed by atoms with Crippen LogP contribution in [0.25, 0.3) is 0 Å². The summed E-state index contributed by atoms with van der Waals surface area (Å²) in [6.45, 7) is 12.8. The Bertz CT molecular complexity index is 605. The van der Waals surface area contributed by atoms with Crippen LogP contribution in [0.15, 0.2) is 24.3 Å². The van der Waals surface area contributed by atoms with Crippen LogP contribution < -0.4 is 0 Å². The number of amides is 1. The standard InChI is InChI=1S/C24H39N3O2/c1-3-4-5-6-7-21(2)26-12-14-27(15-13-26)24(28)23-10-8-22(9-11-23)20-25-16-18-29-19-17-25/h8-11,21H,3-7,12-20H2,1-2H3. The van der Waals surface area contributed by atoms with E-state index in [1.165, 1.54) is 37.7 Å². The largest absolute Gasteiger partial charge is 0.379 e. The van der Waals surface area contributed by atoms with Crippen molar-refractivity contribution in [2.75, 3.05) is 52.5 Å². The lowest BCUT2D eigenvalue weighted by molar-refractivity contribution is 0.0342. The molecular weight excluding hydrogens is 362 g/mol. The Labute approximate surface area is 177 Å². The van der Waals surface area contributed by atoms with E-state index in [1.54, 1.807) is 0 Å². The van der Waals surface area contributed by atoms with Crippen LogP contribution in [0, 0.1) is 0 Å². The summed E-state index contributed by atoms with van der Waals surface area (Å²) in [6, 6.07) is 8.85. The van der Waals surface area contributed by atoms with Crippen molar-refractivity contribution in [2.24, 2.45) is 0 Å². The van der Waals surface area contributed by atoms with Crippen LogP contribution >= 0.6 is 0 Å². The Morgan fingerprint density at radius 2 is 1.66 bits per heavy atom. The van der Waals surface area contributed by atoms with Crippen LogP contribution in [0.5, 0.6) is 0 Å². The van der Waals surface area contributed by atoms with Gasteiger partial charge in [0.2, 0.25) is 0 Å². The van der Waals surface area contributed by atoms with Gasteiger partial charge in [-0.25, -0.2) is 0 Å². The number of rotatable bonds is 9. The second kappa shape index (κ2) is 11.7. The third-order valence-corrected chi connectivity index (χ3v) is 6.41. The first-order chi connectivity index (χ1) is 14.2. The van der Waals surface area contributed by atoms with E-state index < -0.39 is 0 Å². The highest BCUT2D eigenvalue weighted by Crippen LogP contribution is 2.16. The van der Waals surface area contributed by atoms with Crippen LogP contribution in [0.2, 0.25) is 0 Å². The SMILES string of the molecule is CCCCCCC(C)N1CCN(C(=O)c2ccc(CN3CCOCC3)cc2)CC1. The molecule has 5 nitrogen and oxygen atoms in total. The predicted octanol–water partition coefficient (Wildman–Crippen LogP) is 3.64. The third kappa shape index (κ3) is 6.80. The van der Waals surface area contributed by atoms with Gasteiger partial charge in [-0.05, 0) is 31.0 Å². The number of carbonyl (C=O) groups excluding carboxylic acids is 1. The zero-order valence-corrected chi connectivity index (χ0v) is 18.4. The zero-order chi connectivity index (χ0) is 20.5. The highest BCUT2D eigenvalue weighted by molar-refractivity contribution is 5.94. The average Bonchev–Trinajstić information content (AvgIpc) is 2.77. The second-order valence-corrected chi connectivity index (χ2v) is 8.61. The molecule has 1 aromatic rings. The van der Waals surface area contributed by atoms with Gasteiger partial charge in [-0.15, -0.1) is 0 Å². The first-order valence-electron chi connectivity index (χ1n) is 11.6. The fourth-order valence-corrected chi connectivity index (χ4v) is 4.37. The number of piperazine rings is 1. The van der Waals surface area contributed by atoms with Gasteiger partial charge in [0.15, 0.2) is 0 Å². The second-order valence-electron chi connectivity index (χ2n) is 8.61. The molecule has 2 heterocycles. The number of carbonyl (C=O) groups is 1. The van der Waals surface area contributed by atoms with E-state index in [-0.39, 0.29) is 5.91 Å². The smallest absolute Gasteiger partial charge is 0.253 e. The minimum absolute atomic E-state index is 0.179. The minimum atomic E-state index is 0.179. The molecule has 2 fully saturated rings. The van der Waals surface area contributed by atoms with Crippen molar-refractivity contribution >= 4 is 5.91 Å². The van der Waals surface area contributed by atoms with Gasteiger partial charge in [0, 0.05) is 57.4 Å². The van der Waals surface area contributed by atoms with Crippen molar-refractivity contribution in [3.8, 4) is 0 Å². The Morgan fingerprint density at radius 1 is 0.966 bits per heavy atom. The van der Waals surface area contributed by atoms with Crippen molar-refractivity contribution in [2.45, 2.75) is 58.5 Å². The predicted molar refractivity (Wildman–Crippen MR) is 118 cm³/mol. The maximum absolute atomic E-state index is 12.9. The Morgan fingerprint density at radius 3 is 2.31 bits per heavy atom. The highest BCUT2D eigenvalue weighted by atomic mass is 16.5. The molecule has 0 aliphatic carbocycles. The van der Waals surface area contributed by atoms with E-state index in [2.05, 4.69) is 35.8 Å². The quantitative estimate of drug-likeness (QED) is 0.592. The van der Waals surface area contributed by atoms with Gasteiger partial charge in [-0.2, -0.15) is 0 Å². The van der Waals surface area contributed by atoms with Crippen molar-refractivity contribution in [1.82, 2.24) is 14.7 Å². The number of hydrogen-bond acceptors (Lipinski definition) is 4. The van der Waals surface area contributed by atoms with Crippen molar-refractivity contribution in [3.05, 3.63) is 35.4 Å². The Balaban J connectivity index is 1.42. The summed E-state index contributed by atoms with van der Waals surface area (Å²) in [5, 5.41) is 0. The molecule has 2 aliphatic rings. The lowest BCUT2D eigenvalue weighted by atomic mass is 10.1. The first-order valence-corrected chi connectivity index (χ1v) is 11.6. The van der Waals surface area contributed by atoms with E-state index >= 15 is 0 Å². The van der Waals surface area contributed by atoms with Crippen LogP contribution in [-0.2, 0) is 11.3 Å². The molecule has 0 radical (unpaired) electrons. The van der Waals surface area contributed by atoms with Crippen molar-refractivity contribution in [3.63, 3.8) is 0 Å². The summed E-state index contributed by atoms with van der Waals surface area (Å²) in [6.07, 6.45) is 6.59. The summed E-state index contributed by atoms with van der Waals surface area (Å²) < 4.78 is 5.41. The maximum atomic E-state index is 12.9. The topological polar surface area (TPSA) is 36.0 Å². The molecule has 1 amide bonds. The molecule has 2 aliphatic heterocycles. The minimum Gasteiger partial charge on any atom is -0.379 e. The molecule has 0 spiro atoms. The molecule has 1 aromatic carbocycles. The molecule has 29 heavy (non-hydrogen) atoms. The van der Waals surface area contributed by atoms with Crippen LogP contribution in [0.4, 0.5) is 0 Å². The van der Waals surface area contributed by atoms with E-state index in [0.717, 1.165) is 64.6 Å². The fraction of sp³-hybridized carbons (Fsp3) is 0.708. The summed E-state index contributed by atoms with van der Waals surface area (Å²) in [5.41, 5.74) is 2.09. The molecule has 3 rings (SSSR count). The third-order valence-electron chi connectivity index (χ3n) is 6.41. The average molecular weight is 402 g/mol. The van der Waals surface area contributed by atoms with Gasteiger partial charge < -0.3 is 9.64 Å². The van der Waals surface area contributed by atoms with Crippen LogP contribution in [-0.4, -0.2) is 79.1 Å². The van der Waals surface area contributed by atoms with Crippen LogP contribution in [0.3, 0.4) is 0 Å². The number of nitrogens with zero attached hydrogens (tertiary/aromatic N) is 3. The monoisotopic (exact) mass is 401 g/mol. The number of unbranched alkanes of at least 4 members (excludes halogenated alkanes) is 3. The number of benzene rings is 1. The van der Waals surface area contributed by atoms with E-state index in [1.807, 2.05) is 17.0 Å². The molecular formula is C24H39N3O2. The number of morpholine rings is 1. The maximum Gasteiger partial charge on any atom is 0.253 e. The summed E-state index contributed by atoms with van der Waals surface area (Å²) >= 11 is 0. The normalized spacial score (nSPS) is 20.0. The molecule has 2 saturated heterocycles. The molecule has 162 valence electrons. The zero-order valence-electron chi connectivity index (χ0n) is 18.4. The molecule has 0 saturated carbocycles. The molecule has 0 N–H and O–H groups in total. The van der Waals surface area contributed by atoms with Gasteiger partial charge in [0.1, 0.15) is 0 Å². The van der Waals surface area contributed by atoms with E-state index in [0.29, 0.717) is 6.04 Å². The fourth-order valence-electron chi connectivity index (χ4n) is 4.37. The number of ether oxygens (including phenoxy) is 1. The van der Waals surface area contributed by atoms with Crippen molar-refractivity contribution in [1.29, 1.82) is 0 Å². The van der Waals surface area contributed by atoms with Crippen LogP contribution in [0.1, 0.15) is 61.9 Å². The van der Waals surface area contributed by atoms with Gasteiger partial charge in [0.05, 0.1) is 13.2 Å². The summed E-state index contributed by atoms with van der Waals surface area (Å²) in [5.74, 6) is 0.179. The first kappa shape index (κ1) is 22.3. The Hall–Kier alpha value is -1.43. The number of hydrogen-bond donors (Lipinski definition) is 0. The molecule has 0 aromatic heterocycles. The summed E-state index contributed by atoms with van der Waals surface area (Å²) in [4.78, 5) is 19.9. The van der Waals surface area contributed by atoms with Gasteiger partial charge in [-0.3, -0.25) is 14.6 Å². The molecule has 5 heteroatoms. The Kier molecular flexibility index (Phi) is 8.96. The summed E-state index contributed by atoms with van der Waals surface area (Å²) in [7, 11) is 0. The molecule has 1 atom stereocenters. The molecule has 1 unspecified atom stereocenters. The highest BCUT2D eigenvalue weighted by Gasteiger charge is 2.24. The van der Waals surface area contributed by atoms with Gasteiger partial charge in [-0.1, -0.05) is 44.7 Å². The lowest BCUT2D eigenvalue weighted by Crippen LogP contribution is -2.51. The van der Waals surface area contributed by atoms with Crippen molar-refractivity contribution < 1.29 is 9.53 Å². The lowest BCUT2D eigenvalue weighted by Gasteiger charge is -2.38.